The van der Waals surface area contributed by atoms with Crippen LogP contribution in [0.15, 0.2) is 109 Å². The molecule has 0 bridgehead atoms. The van der Waals surface area contributed by atoms with Crippen molar-refractivity contribution in [3.63, 3.8) is 0 Å². The van der Waals surface area contributed by atoms with Crippen LogP contribution >= 0.6 is 0 Å². The van der Waals surface area contributed by atoms with E-state index >= 15 is 0 Å². The summed E-state index contributed by atoms with van der Waals surface area (Å²) in [6.45, 7) is 6.61. The maximum atomic E-state index is 13.2. The van der Waals surface area contributed by atoms with E-state index in [0.717, 1.165) is 66.5 Å². The Balaban J connectivity index is 0.828. The molecule has 1 unspecified atom stereocenters. The number of piperidine rings is 1. The number of amides is 4. The van der Waals surface area contributed by atoms with Crippen LogP contribution in [0.2, 0.25) is 0 Å². The van der Waals surface area contributed by atoms with E-state index in [1.54, 1.807) is 30.6 Å². The predicted octanol–water partition coefficient (Wildman–Crippen LogP) is 5.95. The largest absolute Gasteiger partial charge is 0.508 e. The van der Waals surface area contributed by atoms with Gasteiger partial charge in [0.05, 0.1) is 23.5 Å². The fraction of sp³-hybridized carbons (Fsp3) is 0.244. The molecule has 1 atom stereocenters. The van der Waals surface area contributed by atoms with Gasteiger partial charge in [-0.3, -0.25) is 34.3 Å². The van der Waals surface area contributed by atoms with Gasteiger partial charge in [-0.1, -0.05) is 61.5 Å². The van der Waals surface area contributed by atoms with Gasteiger partial charge >= 0.3 is 0 Å². The second kappa shape index (κ2) is 16.7. The van der Waals surface area contributed by atoms with Gasteiger partial charge in [0.15, 0.2) is 5.75 Å². The number of phenols is 1. The van der Waals surface area contributed by atoms with Crippen molar-refractivity contribution in [3.05, 3.63) is 137 Å². The van der Waals surface area contributed by atoms with Crippen molar-refractivity contribution in [2.45, 2.75) is 32.2 Å². The van der Waals surface area contributed by atoms with Crippen LogP contribution < -0.4 is 19.7 Å². The number of carbonyl (C=O) groups excluding carboxylic acids is 4. The number of aromatic hydroxyl groups is 1. The summed E-state index contributed by atoms with van der Waals surface area (Å²) < 4.78 is 12.1. The van der Waals surface area contributed by atoms with Crippen LogP contribution in [-0.4, -0.2) is 93.9 Å². The lowest BCUT2D eigenvalue weighted by Gasteiger charge is -2.34. The highest BCUT2D eigenvalue weighted by molar-refractivity contribution is 6.23. The summed E-state index contributed by atoms with van der Waals surface area (Å²) in [5.74, 6) is 0.0282. The number of allylic oxidation sites excluding steroid dienone is 1. The molecule has 0 aliphatic carbocycles. The molecule has 4 amide bonds. The lowest BCUT2D eigenvalue weighted by Crippen LogP contribution is -2.54. The normalized spacial score (nSPS) is 17.5. The second-order valence-corrected chi connectivity index (χ2v) is 14.3. The minimum absolute atomic E-state index is 0.0512. The molecule has 8 rings (SSSR count). The molecule has 13 heteroatoms. The first-order chi connectivity index (χ1) is 28.2. The number of carbonyl (C=O) groups is 4. The molecule has 2 N–H and O–H groups in total. The average molecular weight is 779 g/mol. The number of anilines is 1. The van der Waals surface area contributed by atoms with E-state index in [0.29, 0.717) is 24.1 Å². The van der Waals surface area contributed by atoms with Crippen molar-refractivity contribution < 1.29 is 33.8 Å². The first kappa shape index (κ1) is 38.0. The minimum Gasteiger partial charge on any atom is -0.508 e. The van der Waals surface area contributed by atoms with E-state index in [2.05, 4.69) is 68.4 Å². The van der Waals surface area contributed by atoms with Crippen LogP contribution in [0.4, 0.5) is 5.95 Å². The van der Waals surface area contributed by atoms with Crippen LogP contribution in [-0.2, 0) is 9.59 Å². The van der Waals surface area contributed by atoms with Gasteiger partial charge in [0.1, 0.15) is 29.9 Å². The number of rotatable bonds is 12. The monoisotopic (exact) mass is 778 g/mol. The quantitative estimate of drug-likeness (QED) is 0.114. The van der Waals surface area contributed by atoms with Gasteiger partial charge in [-0.2, -0.15) is 0 Å². The van der Waals surface area contributed by atoms with Gasteiger partial charge in [-0.05, 0) is 83.1 Å². The lowest BCUT2D eigenvalue weighted by atomic mass is 9.88. The Labute approximate surface area is 335 Å². The first-order valence-electron chi connectivity index (χ1n) is 19.4. The van der Waals surface area contributed by atoms with Crippen molar-refractivity contribution >= 4 is 40.7 Å². The number of benzene rings is 4. The molecular weight excluding hydrogens is 737 g/mol. The number of aromatic nitrogens is 2. The topological polar surface area (TPSA) is 154 Å². The molecule has 2 saturated heterocycles. The third kappa shape index (κ3) is 8.02. The summed E-state index contributed by atoms with van der Waals surface area (Å²) in [4.78, 5) is 64.6. The Hall–Kier alpha value is -6.86. The molecule has 4 heterocycles. The van der Waals surface area contributed by atoms with Crippen molar-refractivity contribution in [1.29, 1.82) is 0 Å². The number of phenolic OH excluding ortho intramolecular Hbond substituents is 1. The second-order valence-electron chi connectivity index (χ2n) is 14.3. The highest BCUT2D eigenvalue weighted by atomic mass is 16.5. The average Bonchev–Trinajstić information content (AvgIpc) is 3.49. The molecule has 3 aliphatic heterocycles. The zero-order valence-electron chi connectivity index (χ0n) is 32.0. The van der Waals surface area contributed by atoms with Gasteiger partial charge < -0.3 is 19.5 Å². The molecule has 5 aromatic rings. The molecule has 0 saturated carbocycles. The Bertz CT molecular complexity index is 2360. The molecule has 3 aliphatic rings. The van der Waals surface area contributed by atoms with Crippen LogP contribution in [0.3, 0.4) is 0 Å². The number of ether oxygens (including phenoxy) is 2. The van der Waals surface area contributed by atoms with E-state index in [9.17, 15) is 24.3 Å². The Kier molecular flexibility index (Phi) is 11.0. The highest BCUT2D eigenvalue weighted by Gasteiger charge is 2.44. The van der Waals surface area contributed by atoms with Gasteiger partial charge in [0.2, 0.25) is 17.8 Å². The molecule has 13 nitrogen and oxygen atoms in total. The Morgan fingerprint density at radius 3 is 2.09 bits per heavy atom. The number of nitrogens with one attached hydrogen (secondary N) is 1. The van der Waals surface area contributed by atoms with Crippen LogP contribution in [0.25, 0.3) is 11.1 Å². The maximum absolute atomic E-state index is 13.2. The molecule has 1 aromatic heterocycles. The third-order valence-electron chi connectivity index (χ3n) is 10.7. The maximum Gasteiger partial charge on any atom is 0.262 e. The SMILES string of the molecule is CC/C(=C(\c1ccc(O)cc1)c1ccc(OCCN2CCN(c3ncc(Oc4ccc5c(c4)C(=O)N(C4CCC(=O)NC4=O)C5=O)cn3)CC2)cc1)c1ccccc1. The fourth-order valence-electron chi connectivity index (χ4n) is 7.66. The third-order valence-corrected chi connectivity index (χ3v) is 10.7. The molecule has 0 spiro atoms. The number of hydrogen-bond acceptors (Lipinski definition) is 11. The van der Waals surface area contributed by atoms with Crippen LogP contribution in [0.5, 0.6) is 23.0 Å². The summed E-state index contributed by atoms with van der Waals surface area (Å²) in [7, 11) is 0. The smallest absolute Gasteiger partial charge is 0.262 e. The van der Waals surface area contributed by atoms with Crippen molar-refractivity contribution in [2.75, 3.05) is 44.2 Å². The summed E-state index contributed by atoms with van der Waals surface area (Å²) in [6.07, 6.45) is 4.12. The summed E-state index contributed by atoms with van der Waals surface area (Å²) in [6, 6.07) is 29.5. The number of hydrogen-bond donors (Lipinski definition) is 2. The lowest BCUT2D eigenvalue weighted by molar-refractivity contribution is -0.136. The number of imide groups is 2. The molecule has 294 valence electrons. The molecule has 58 heavy (non-hydrogen) atoms. The Morgan fingerprint density at radius 2 is 1.41 bits per heavy atom. The van der Waals surface area contributed by atoms with Crippen LogP contribution in [0.1, 0.15) is 63.6 Å². The van der Waals surface area contributed by atoms with E-state index in [1.165, 1.54) is 23.3 Å². The van der Waals surface area contributed by atoms with E-state index < -0.39 is 29.7 Å². The molecule has 4 aromatic carbocycles. The summed E-state index contributed by atoms with van der Waals surface area (Å²) in [5, 5.41) is 12.1. The van der Waals surface area contributed by atoms with E-state index in [-0.39, 0.29) is 29.7 Å². The molecule has 0 radical (unpaired) electrons. The first-order valence-corrected chi connectivity index (χ1v) is 19.4. The summed E-state index contributed by atoms with van der Waals surface area (Å²) >= 11 is 0. The van der Waals surface area contributed by atoms with E-state index in [1.807, 2.05) is 30.3 Å². The molecular formula is C45H42N6O7. The van der Waals surface area contributed by atoms with Gasteiger partial charge in [-0.25, -0.2) is 9.97 Å². The van der Waals surface area contributed by atoms with Gasteiger partial charge in [-0.15, -0.1) is 0 Å². The van der Waals surface area contributed by atoms with Crippen molar-refractivity contribution in [2.24, 2.45) is 0 Å². The minimum atomic E-state index is -1.04. The summed E-state index contributed by atoms with van der Waals surface area (Å²) in [5.41, 5.74) is 5.94. The zero-order chi connectivity index (χ0) is 40.2. The molecule has 2 fully saturated rings. The number of nitrogens with zero attached hydrogens (tertiary/aromatic N) is 5. The number of piperazine rings is 1. The van der Waals surface area contributed by atoms with Crippen molar-refractivity contribution in [1.82, 2.24) is 25.1 Å². The van der Waals surface area contributed by atoms with E-state index in [4.69, 9.17) is 9.47 Å². The van der Waals surface area contributed by atoms with Crippen molar-refractivity contribution in [3.8, 4) is 23.0 Å². The van der Waals surface area contributed by atoms with Gasteiger partial charge in [0.25, 0.3) is 11.8 Å². The number of fused-ring (bicyclic) bond motifs is 1. The fourth-order valence-corrected chi connectivity index (χ4v) is 7.66. The highest BCUT2D eigenvalue weighted by Crippen LogP contribution is 2.36. The standard InChI is InChI=1S/C45H42N6O7/c1-2-36(29-6-4-3-5-7-29)41(30-8-12-32(52)13-9-30)31-10-14-33(15-11-31)57-25-24-49-20-22-50(23-21-49)45-46-27-35(28-47-45)58-34-16-17-37-38(26-34)44(56)51(43(37)55)39-18-19-40(53)48-42(39)54/h3-17,26-28,39,52H,2,18-25H2,1H3,(H,48,53,54)/b41-36-. The zero-order valence-corrected chi connectivity index (χ0v) is 32.0. The van der Waals surface area contributed by atoms with Gasteiger partial charge in [0, 0.05) is 39.1 Å². The Morgan fingerprint density at radius 1 is 0.759 bits per heavy atom. The predicted molar refractivity (Wildman–Crippen MR) is 217 cm³/mol. The van der Waals surface area contributed by atoms with Crippen LogP contribution in [0, 0.1) is 0 Å².